The van der Waals surface area contributed by atoms with Crippen LogP contribution in [0.25, 0.3) is 0 Å². The molecular weight excluding hydrogens is 236 g/mol. The van der Waals surface area contributed by atoms with E-state index in [-0.39, 0.29) is 24.9 Å². The van der Waals surface area contributed by atoms with Crippen LogP contribution in [0.4, 0.5) is 0 Å². The molecule has 5 heteroatoms. The Balaban J connectivity index is 2.07. The molecule has 1 saturated heterocycles. The van der Waals surface area contributed by atoms with Crippen LogP contribution < -0.4 is 0 Å². The SMILES string of the molecule is CCCC(CC1CCC2OC2C1)(C(=O)O)C(=O)O. The van der Waals surface area contributed by atoms with Gasteiger partial charge in [-0.2, -0.15) is 0 Å². The third-order valence-electron chi connectivity index (χ3n) is 4.25. The van der Waals surface area contributed by atoms with Gasteiger partial charge in [-0.3, -0.25) is 9.59 Å². The zero-order valence-corrected chi connectivity index (χ0v) is 10.6. The van der Waals surface area contributed by atoms with Crippen molar-refractivity contribution in [1.82, 2.24) is 0 Å². The van der Waals surface area contributed by atoms with Gasteiger partial charge < -0.3 is 14.9 Å². The summed E-state index contributed by atoms with van der Waals surface area (Å²) in [6.45, 7) is 1.82. The first-order valence-electron chi connectivity index (χ1n) is 6.62. The Kier molecular flexibility index (Phi) is 3.61. The van der Waals surface area contributed by atoms with Crippen molar-refractivity contribution in [1.29, 1.82) is 0 Å². The lowest BCUT2D eigenvalue weighted by Gasteiger charge is -2.30. The van der Waals surface area contributed by atoms with Crippen molar-refractivity contribution in [2.75, 3.05) is 0 Å². The summed E-state index contributed by atoms with van der Waals surface area (Å²) < 4.78 is 5.41. The van der Waals surface area contributed by atoms with E-state index in [1.165, 1.54) is 0 Å². The number of aliphatic carboxylic acids is 2. The zero-order chi connectivity index (χ0) is 13.3. The summed E-state index contributed by atoms with van der Waals surface area (Å²) in [6, 6.07) is 0. The average molecular weight is 256 g/mol. The molecule has 102 valence electrons. The monoisotopic (exact) mass is 256 g/mol. The fourth-order valence-electron chi connectivity index (χ4n) is 3.17. The molecule has 0 amide bonds. The molecule has 18 heavy (non-hydrogen) atoms. The van der Waals surface area contributed by atoms with Crippen molar-refractivity contribution < 1.29 is 24.5 Å². The molecule has 2 rings (SSSR count). The fraction of sp³-hybridized carbons (Fsp3) is 0.846. The number of ether oxygens (including phenoxy) is 1. The van der Waals surface area contributed by atoms with Gasteiger partial charge in [0.1, 0.15) is 0 Å². The van der Waals surface area contributed by atoms with E-state index in [2.05, 4.69) is 0 Å². The van der Waals surface area contributed by atoms with Crippen LogP contribution in [0.15, 0.2) is 0 Å². The van der Waals surface area contributed by atoms with E-state index in [4.69, 9.17) is 4.74 Å². The van der Waals surface area contributed by atoms with Crippen molar-refractivity contribution in [2.45, 2.75) is 57.7 Å². The number of carboxylic acid groups (broad SMARTS) is 2. The second-order valence-electron chi connectivity index (χ2n) is 5.54. The summed E-state index contributed by atoms with van der Waals surface area (Å²) in [5.74, 6) is -2.24. The van der Waals surface area contributed by atoms with E-state index >= 15 is 0 Å². The summed E-state index contributed by atoms with van der Waals surface area (Å²) >= 11 is 0. The van der Waals surface area contributed by atoms with Gasteiger partial charge >= 0.3 is 11.9 Å². The highest BCUT2D eigenvalue weighted by molar-refractivity contribution is 5.98. The molecule has 0 radical (unpaired) electrons. The highest BCUT2D eigenvalue weighted by Crippen LogP contribution is 2.44. The van der Waals surface area contributed by atoms with Gasteiger partial charge in [0.05, 0.1) is 12.2 Å². The molecule has 0 bridgehead atoms. The van der Waals surface area contributed by atoms with Gasteiger partial charge in [0.25, 0.3) is 0 Å². The van der Waals surface area contributed by atoms with E-state index in [9.17, 15) is 19.8 Å². The molecule has 1 saturated carbocycles. The predicted molar refractivity (Wildman–Crippen MR) is 63.2 cm³/mol. The Morgan fingerprint density at radius 1 is 1.22 bits per heavy atom. The number of carboxylic acids is 2. The van der Waals surface area contributed by atoms with Crippen LogP contribution in [-0.4, -0.2) is 34.4 Å². The molecule has 0 aromatic carbocycles. The first kappa shape index (κ1) is 13.3. The minimum absolute atomic E-state index is 0.160. The molecule has 0 aromatic heterocycles. The molecule has 3 unspecified atom stereocenters. The molecule has 0 spiro atoms. The maximum Gasteiger partial charge on any atom is 0.321 e. The summed E-state index contributed by atoms with van der Waals surface area (Å²) in [6.07, 6.45) is 4.25. The summed E-state index contributed by atoms with van der Waals surface area (Å²) in [5.41, 5.74) is -1.61. The van der Waals surface area contributed by atoms with Crippen molar-refractivity contribution >= 4 is 11.9 Å². The van der Waals surface area contributed by atoms with E-state index in [0.717, 1.165) is 19.3 Å². The second-order valence-corrected chi connectivity index (χ2v) is 5.54. The van der Waals surface area contributed by atoms with Gasteiger partial charge in [-0.05, 0) is 38.0 Å². The molecule has 1 heterocycles. The van der Waals surface area contributed by atoms with E-state index in [1.54, 1.807) is 0 Å². The lowest BCUT2D eigenvalue weighted by atomic mass is 9.72. The minimum Gasteiger partial charge on any atom is -0.480 e. The third kappa shape index (κ3) is 2.36. The first-order chi connectivity index (χ1) is 8.49. The van der Waals surface area contributed by atoms with Gasteiger partial charge in [-0.15, -0.1) is 0 Å². The smallest absolute Gasteiger partial charge is 0.321 e. The number of epoxide rings is 1. The lowest BCUT2D eigenvalue weighted by Crippen LogP contribution is -2.41. The van der Waals surface area contributed by atoms with Gasteiger partial charge in [0, 0.05) is 0 Å². The zero-order valence-electron chi connectivity index (χ0n) is 10.6. The van der Waals surface area contributed by atoms with E-state index in [0.29, 0.717) is 12.5 Å². The summed E-state index contributed by atoms with van der Waals surface area (Å²) in [4.78, 5) is 22.8. The maximum atomic E-state index is 11.4. The molecular formula is C13H20O5. The average Bonchev–Trinajstić information content (AvgIpc) is 3.05. The highest BCUT2D eigenvalue weighted by Gasteiger charge is 2.51. The Hall–Kier alpha value is -1.10. The molecule has 2 fully saturated rings. The number of hydrogen-bond acceptors (Lipinski definition) is 3. The first-order valence-corrected chi connectivity index (χ1v) is 6.62. The van der Waals surface area contributed by atoms with E-state index in [1.807, 2.05) is 6.92 Å². The van der Waals surface area contributed by atoms with Crippen LogP contribution in [0.3, 0.4) is 0 Å². The van der Waals surface area contributed by atoms with Crippen LogP contribution in [0.2, 0.25) is 0 Å². The lowest BCUT2D eigenvalue weighted by molar-refractivity contribution is -0.167. The fourth-order valence-corrected chi connectivity index (χ4v) is 3.17. The number of hydrogen-bond donors (Lipinski definition) is 2. The Morgan fingerprint density at radius 2 is 1.89 bits per heavy atom. The number of fused-ring (bicyclic) bond motifs is 1. The highest BCUT2D eigenvalue weighted by atomic mass is 16.6. The van der Waals surface area contributed by atoms with Crippen LogP contribution in [0, 0.1) is 11.3 Å². The number of rotatable bonds is 6. The Labute approximate surface area is 106 Å². The molecule has 1 aliphatic carbocycles. The normalized spacial score (nSPS) is 30.6. The molecule has 3 atom stereocenters. The van der Waals surface area contributed by atoms with Crippen LogP contribution >= 0.6 is 0 Å². The third-order valence-corrected chi connectivity index (χ3v) is 4.25. The molecule has 2 aliphatic rings. The quantitative estimate of drug-likeness (QED) is 0.560. The Morgan fingerprint density at radius 3 is 2.39 bits per heavy atom. The van der Waals surface area contributed by atoms with Gasteiger partial charge in [-0.25, -0.2) is 0 Å². The van der Waals surface area contributed by atoms with Crippen molar-refractivity contribution in [3.63, 3.8) is 0 Å². The van der Waals surface area contributed by atoms with Crippen molar-refractivity contribution in [3.05, 3.63) is 0 Å². The topological polar surface area (TPSA) is 87.1 Å². The van der Waals surface area contributed by atoms with Gasteiger partial charge in [0.15, 0.2) is 5.41 Å². The van der Waals surface area contributed by atoms with Crippen LogP contribution in [0.5, 0.6) is 0 Å². The molecule has 5 nitrogen and oxygen atoms in total. The van der Waals surface area contributed by atoms with E-state index < -0.39 is 17.4 Å². The van der Waals surface area contributed by atoms with Crippen molar-refractivity contribution in [3.8, 4) is 0 Å². The second kappa shape index (κ2) is 4.88. The molecule has 2 N–H and O–H groups in total. The largest absolute Gasteiger partial charge is 0.480 e. The van der Waals surface area contributed by atoms with Gasteiger partial charge in [-0.1, -0.05) is 13.3 Å². The standard InChI is InChI=1S/C13H20O5/c1-2-5-13(11(14)15,12(16)17)7-8-3-4-9-10(6-8)18-9/h8-10H,2-7H2,1H3,(H,14,15)(H,16,17). The number of carbonyl (C=O) groups is 2. The molecule has 1 aliphatic heterocycles. The van der Waals surface area contributed by atoms with Gasteiger partial charge in [0.2, 0.25) is 0 Å². The maximum absolute atomic E-state index is 11.4. The summed E-state index contributed by atoms with van der Waals surface area (Å²) in [7, 11) is 0. The Bertz CT molecular complexity index is 337. The van der Waals surface area contributed by atoms with Crippen LogP contribution in [0.1, 0.15) is 45.4 Å². The van der Waals surface area contributed by atoms with Crippen LogP contribution in [-0.2, 0) is 14.3 Å². The summed E-state index contributed by atoms with van der Waals surface area (Å²) in [5, 5.41) is 18.6. The minimum atomic E-state index is -1.61. The predicted octanol–water partition coefficient (Wildman–Crippen LogP) is 1.90. The van der Waals surface area contributed by atoms with Crippen molar-refractivity contribution in [2.24, 2.45) is 11.3 Å². The molecule has 0 aromatic rings.